The molecule has 0 saturated carbocycles. The van der Waals surface area contributed by atoms with Gasteiger partial charge in [-0.25, -0.2) is 12.8 Å². The molecule has 0 amide bonds. The average Bonchev–Trinajstić information content (AvgIpc) is 3.17. The summed E-state index contributed by atoms with van der Waals surface area (Å²) in [7, 11) is -3.78. The van der Waals surface area contributed by atoms with Crippen molar-refractivity contribution in [3.63, 3.8) is 0 Å². The molecule has 1 N–H and O–H groups in total. The van der Waals surface area contributed by atoms with Gasteiger partial charge >= 0.3 is 0 Å². The molecule has 0 radical (unpaired) electrons. The molecule has 5 rings (SSSR count). The number of para-hydroxylation sites is 1. The molecule has 0 atom stereocenters. The lowest BCUT2D eigenvalue weighted by Gasteiger charge is -2.08. The second kappa shape index (κ2) is 8.76. The molecule has 170 valence electrons. The number of benzene rings is 4. The molecular formula is C27H22FN3O2S. The first kappa shape index (κ1) is 21.9. The van der Waals surface area contributed by atoms with E-state index in [2.05, 4.69) is 51.5 Å². The van der Waals surface area contributed by atoms with Gasteiger partial charge in [0.1, 0.15) is 5.82 Å². The van der Waals surface area contributed by atoms with E-state index in [9.17, 15) is 12.8 Å². The molecule has 34 heavy (non-hydrogen) atoms. The maximum absolute atomic E-state index is 13.1. The Balaban J connectivity index is 1.38. The van der Waals surface area contributed by atoms with Crippen LogP contribution in [0.25, 0.3) is 21.8 Å². The lowest BCUT2D eigenvalue weighted by molar-refractivity contribution is 0.601. The van der Waals surface area contributed by atoms with Crippen LogP contribution < -0.4 is 4.72 Å². The number of hydrogen-bond donors (Lipinski definition) is 1. The Kier molecular flexibility index (Phi) is 5.63. The van der Waals surface area contributed by atoms with Gasteiger partial charge < -0.3 is 4.57 Å². The molecule has 0 aliphatic rings. The predicted octanol–water partition coefficient (Wildman–Crippen LogP) is 6.50. The van der Waals surface area contributed by atoms with E-state index in [4.69, 9.17) is 0 Å². The van der Waals surface area contributed by atoms with Crippen LogP contribution in [0.3, 0.4) is 0 Å². The van der Waals surface area contributed by atoms with Crippen LogP contribution in [0.4, 0.5) is 15.8 Å². The average molecular weight is 472 g/mol. The van der Waals surface area contributed by atoms with Crippen LogP contribution in [0.1, 0.15) is 12.5 Å². The number of nitrogens with one attached hydrogen (secondary N) is 1. The highest BCUT2D eigenvalue weighted by atomic mass is 32.2. The molecule has 0 fully saturated rings. The highest BCUT2D eigenvalue weighted by Gasteiger charge is 2.14. The van der Waals surface area contributed by atoms with Gasteiger partial charge in [-0.2, -0.15) is 0 Å². The SMILES string of the molecule is CCn1c2ccccc2c2cc(C=Nc3ccc(S(=O)(=O)Nc4ccc(F)cc4)cc3)ccc21. The molecule has 1 aromatic heterocycles. The normalized spacial score (nSPS) is 12.1. The van der Waals surface area contributed by atoms with E-state index in [0.29, 0.717) is 11.4 Å². The van der Waals surface area contributed by atoms with Crippen LogP contribution >= 0.6 is 0 Å². The summed E-state index contributed by atoms with van der Waals surface area (Å²) in [6.45, 7) is 3.03. The highest BCUT2D eigenvalue weighted by Crippen LogP contribution is 2.29. The van der Waals surface area contributed by atoms with Crippen LogP contribution in [0, 0.1) is 5.82 Å². The maximum atomic E-state index is 13.1. The molecule has 5 aromatic rings. The van der Waals surface area contributed by atoms with Gasteiger partial charge in [-0.15, -0.1) is 0 Å². The van der Waals surface area contributed by atoms with Crippen molar-refractivity contribution in [1.82, 2.24) is 4.57 Å². The number of halogens is 1. The quantitative estimate of drug-likeness (QED) is 0.287. The predicted molar refractivity (Wildman–Crippen MR) is 136 cm³/mol. The number of rotatable bonds is 6. The van der Waals surface area contributed by atoms with Crippen molar-refractivity contribution in [1.29, 1.82) is 0 Å². The minimum absolute atomic E-state index is 0.101. The number of anilines is 1. The Labute approximate surface area is 197 Å². The zero-order valence-electron chi connectivity index (χ0n) is 18.4. The van der Waals surface area contributed by atoms with Gasteiger partial charge in [0.2, 0.25) is 0 Å². The smallest absolute Gasteiger partial charge is 0.261 e. The van der Waals surface area contributed by atoms with E-state index >= 15 is 0 Å². The third-order valence-electron chi connectivity index (χ3n) is 5.72. The fourth-order valence-corrected chi connectivity index (χ4v) is 5.14. The minimum Gasteiger partial charge on any atom is -0.341 e. The second-order valence-corrected chi connectivity index (χ2v) is 9.58. The van der Waals surface area contributed by atoms with Crippen molar-refractivity contribution in [2.75, 3.05) is 4.72 Å². The van der Waals surface area contributed by atoms with Crippen molar-refractivity contribution in [2.45, 2.75) is 18.4 Å². The summed E-state index contributed by atoms with van der Waals surface area (Å²) in [4.78, 5) is 4.62. The lowest BCUT2D eigenvalue weighted by atomic mass is 10.1. The van der Waals surface area contributed by atoms with Crippen LogP contribution in [0.2, 0.25) is 0 Å². The third kappa shape index (κ3) is 4.18. The zero-order chi connectivity index (χ0) is 23.7. The monoisotopic (exact) mass is 471 g/mol. The van der Waals surface area contributed by atoms with E-state index in [1.165, 1.54) is 58.2 Å². The van der Waals surface area contributed by atoms with Gasteiger partial charge in [0.05, 0.1) is 10.6 Å². The fourth-order valence-electron chi connectivity index (χ4n) is 4.08. The van der Waals surface area contributed by atoms with Crippen LogP contribution in [0.5, 0.6) is 0 Å². The Morgan fingerprint density at radius 3 is 2.32 bits per heavy atom. The molecule has 5 nitrogen and oxygen atoms in total. The highest BCUT2D eigenvalue weighted by molar-refractivity contribution is 7.92. The van der Waals surface area contributed by atoms with Crippen molar-refractivity contribution in [2.24, 2.45) is 4.99 Å². The molecule has 0 bridgehead atoms. The van der Waals surface area contributed by atoms with Gasteiger partial charge in [0.25, 0.3) is 10.0 Å². The minimum atomic E-state index is -3.78. The van der Waals surface area contributed by atoms with E-state index < -0.39 is 15.8 Å². The van der Waals surface area contributed by atoms with Crippen LogP contribution in [0.15, 0.2) is 101 Å². The molecule has 0 spiro atoms. The zero-order valence-corrected chi connectivity index (χ0v) is 19.3. The van der Waals surface area contributed by atoms with Crippen LogP contribution in [-0.4, -0.2) is 19.2 Å². The number of sulfonamides is 1. The van der Waals surface area contributed by atoms with Gasteiger partial charge in [-0.3, -0.25) is 9.71 Å². The molecule has 4 aromatic carbocycles. The van der Waals surface area contributed by atoms with Gasteiger partial charge in [0.15, 0.2) is 0 Å². The van der Waals surface area contributed by atoms with E-state index in [0.717, 1.165) is 12.1 Å². The summed E-state index contributed by atoms with van der Waals surface area (Å²) in [5, 5.41) is 2.38. The standard InChI is InChI=1S/C27H22FN3O2S/c1-2-31-26-6-4-3-5-24(26)25-17-19(7-16-27(25)31)18-29-21-12-14-23(15-13-21)34(32,33)30-22-10-8-20(28)9-11-22/h3-18,30H,2H2,1H3. The molecule has 7 heteroatoms. The Morgan fingerprint density at radius 1 is 0.882 bits per heavy atom. The third-order valence-corrected chi connectivity index (χ3v) is 7.12. The van der Waals surface area contributed by atoms with E-state index in [1.807, 2.05) is 12.1 Å². The van der Waals surface area contributed by atoms with E-state index in [1.54, 1.807) is 18.3 Å². The van der Waals surface area contributed by atoms with Gasteiger partial charge in [-0.05, 0) is 79.2 Å². The summed E-state index contributed by atoms with van der Waals surface area (Å²) < 4.78 is 43.0. The Bertz CT molecular complexity index is 1620. The first-order valence-electron chi connectivity index (χ1n) is 10.9. The second-order valence-electron chi connectivity index (χ2n) is 7.90. The fraction of sp³-hybridized carbons (Fsp3) is 0.0741. The van der Waals surface area contributed by atoms with Crippen molar-refractivity contribution >= 4 is 49.4 Å². The number of aromatic nitrogens is 1. The summed E-state index contributed by atoms with van der Waals surface area (Å²) in [5.41, 5.74) is 4.28. The van der Waals surface area contributed by atoms with Crippen molar-refractivity contribution in [3.8, 4) is 0 Å². The molecular weight excluding hydrogens is 449 g/mol. The summed E-state index contributed by atoms with van der Waals surface area (Å²) >= 11 is 0. The lowest BCUT2D eigenvalue weighted by Crippen LogP contribution is -2.12. The molecule has 0 aliphatic carbocycles. The molecule has 0 aliphatic heterocycles. The summed E-state index contributed by atoms with van der Waals surface area (Å²) in [6, 6.07) is 26.1. The Morgan fingerprint density at radius 2 is 1.59 bits per heavy atom. The molecule has 1 heterocycles. The topological polar surface area (TPSA) is 63.5 Å². The first-order valence-corrected chi connectivity index (χ1v) is 12.4. The van der Waals surface area contributed by atoms with E-state index in [-0.39, 0.29) is 4.90 Å². The number of nitrogens with zero attached hydrogens (tertiary/aromatic N) is 2. The van der Waals surface area contributed by atoms with Gasteiger partial charge in [0, 0.05) is 40.3 Å². The number of fused-ring (bicyclic) bond motifs is 3. The van der Waals surface area contributed by atoms with Crippen LogP contribution in [-0.2, 0) is 16.6 Å². The summed E-state index contributed by atoms with van der Waals surface area (Å²) in [5.74, 6) is -0.430. The summed E-state index contributed by atoms with van der Waals surface area (Å²) in [6.07, 6.45) is 1.78. The molecule has 0 unspecified atom stereocenters. The number of aryl methyl sites for hydroxylation is 1. The molecule has 0 saturated heterocycles. The largest absolute Gasteiger partial charge is 0.341 e. The Hall–Kier alpha value is -3.97. The first-order chi connectivity index (χ1) is 16.4. The maximum Gasteiger partial charge on any atom is 0.261 e. The van der Waals surface area contributed by atoms with Crippen molar-refractivity contribution in [3.05, 3.63) is 102 Å². The number of hydrogen-bond acceptors (Lipinski definition) is 3. The van der Waals surface area contributed by atoms with Gasteiger partial charge in [-0.1, -0.05) is 24.3 Å². The van der Waals surface area contributed by atoms with Crippen molar-refractivity contribution < 1.29 is 12.8 Å². The number of aliphatic imine (C=N–C) groups is 1.